The Balaban J connectivity index is 1.85. The van der Waals surface area contributed by atoms with Crippen LogP contribution in [0.25, 0.3) is 0 Å². The zero-order valence-corrected chi connectivity index (χ0v) is 15.1. The maximum Gasteiger partial charge on any atom is 0.438 e. The first-order chi connectivity index (χ1) is 13.3. The predicted molar refractivity (Wildman–Crippen MR) is 96.8 cm³/mol. The van der Waals surface area contributed by atoms with Gasteiger partial charge in [0.05, 0.1) is 12.1 Å². The first-order valence-corrected chi connectivity index (χ1v) is 8.72. The fourth-order valence-electron chi connectivity index (χ4n) is 2.96. The summed E-state index contributed by atoms with van der Waals surface area (Å²) in [7, 11) is 0. The number of aliphatic hydroxyl groups is 1. The van der Waals surface area contributed by atoms with Gasteiger partial charge in [-0.1, -0.05) is 55.5 Å². The lowest BCUT2D eigenvalue weighted by Gasteiger charge is -2.32. The minimum absolute atomic E-state index is 0.0252. The van der Waals surface area contributed by atoms with Crippen LogP contribution in [0.5, 0.6) is 5.75 Å². The Kier molecular flexibility index (Phi) is 5.42. The molecule has 0 radical (unpaired) electrons. The molecule has 0 aromatic heterocycles. The molecule has 3 rings (SSSR count). The van der Waals surface area contributed by atoms with E-state index in [1.54, 1.807) is 54.6 Å². The number of amides is 1. The zero-order valence-electron chi connectivity index (χ0n) is 15.1. The molecule has 8 heteroatoms. The van der Waals surface area contributed by atoms with Crippen molar-refractivity contribution in [2.24, 2.45) is 5.10 Å². The van der Waals surface area contributed by atoms with Crippen LogP contribution in [-0.2, 0) is 11.2 Å². The average molecular weight is 392 g/mol. The number of halogens is 3. The standard InChI is InChI=1S/C20H19F3N2O3/c1-2-14-8-6-7-11-17(14)28-13-18(26)25-19(27,20(21,22)23)12-16(24-25)15-9-4-3-5-10-15/h3-11,27H,2,12-13H2,1H3/t19-/m1/s1. The fraction of sp³-hybridized carbons (Fsp3) is 0.300. The normalized spacial score (nSPS) is 19.5. The number of ether oxygens (including phenoxy) is 1. The minimum atomic E-state index is -5.08. The average Bonchev–Trinajstić information content (AvgIpc) is 3.06. The number of nitrogens with zero attached hydrogens (tertiary/aromatic N) is 2. The molecule has 28 heavy (non-hydrogen) atoms. The topological polar surface area (TPSA) is 62.1 Å². The summed E-state index contributed by atoms with van der Waals surface area (Å²) in [4.78, 5) is 12.5. The van der Waals surface area contributed by atoms with Gasteiger partial charge in [-0.3, -0.25) is 4.79 Å². The second-order valence-corrected chi connectivity index (χ2v) is 6.36. The van der Waals surface area contributed by atoms with Crippen molar-refractivity contribution in [3.63, 3.8) is 0 Å². The van der Waals surface area contributed by atoms with Crippen LogP contribution >= 0.6 is 0 Å². The van der Waals surface area contributed by atoms with Crippen molar-refractivity contribution in [2.45, 2.75) is 31.7 Å². The van der Waals surface area contributed by atoms with Gasteiger partial charge in [-0.15, -0.1) is 0 Å². The highest BCUT2D eigenvalue weighted by Gasteiger charge is 2.63. The molecule has 2 aromatic carbocycles. The first-order valence-electron chi connectivity index (χ1n) is 8.72. The van der Waals surface area contributed by atoms with Crippen LogP contribution in [-0.4, -0.2) is 40.2 Å². The Bertz CT molecular complexity index is 884. The van der Waals surface area contributed by atoms with Crippen molar-refractivity contribution in [3.05, 3.63) is 65.7 Å². The van der Waals surface area contributed by atoms with E-state index in [-0.39, 0.29) is 10.7 Å². The van der Waals surface area contributed by atoms with Crippen LogP contribution in [0.2, 0.25) is 0 Å². The lowest BCUT2D eigenvalue weighted by Crippen LogP contribution is -2.57. The number of aryl methyl sites for hydroxylation is 1. The molecule has 1 atom stereocenters. The Morgan fingerprint density at radius 2 is 1.82 bits per heavy atom. The lowest BCUT2D eigenvalue weighted by atomic mass is 10.0. The van der Waals surface area contributed by atoms with Crippen molar-refractivity contribution in [1.82, 2.24) is 5.01 Å². The summed E-state index contributed by atoms with van der Waals surface area (Å²) in [6.07, 6.45) is -5.29. The second-order valence-electron chi connectivity index (χ2n) is 6.36. The van der Waals surface area contributed by atoms with Gasteiger partial charge in [0.15, 0.2) is 6.61 Å². The monoisotopic (exact) mass is 392 g/mol. The van der Waals surface area contributed by atoms with E-state index in [2.05, 4.69) is 5.10 Å². The van der Waals surface area contributed by atoms with E-state index in [4.69, 9.17) is 4.74 Å². The van der Waals surface area contributed by atoms with Gasteiger partial charge >= 0.3 is 6.18 Å². The summed E-state index contributed by atoms with van der Waals surface area (Å²) in [5, 5.41) is 14.2. The number of hydrogen-bond acceptors (Lipinski definition) is 4. The van der Waals surface area contributed by atoms with Crippen molar-refractivity contribution in [1.29, 1.82) is 0 Å². The Hall–Kier alpha value is -2.87. The molecule has 0 saturated heterocycles. The molecule has 1 aliphatic heterocycles. The number of hydrazone groups is 1. The van der Waals surface area contributed by atoms with E-state index in [0.29, 0.717) is 17.7 Å². The summed E-state index contributed by atoms with van der Waals surface area (Å²) < 4.78 is 46.1. The van der Waals surface area contributed by atoms with E-state index < -0.39 is 30.8 Å². The number of carbonyl (C=O) groups is 1. The quantitative estimate of drug-likeness (QED) is 0.847. The van der Waals surface area contributed by atoms with Gasteiger partial charge < -0.3 is 9.84 Å². The third kappa shape index (κ3) is 3.73. The third-order valence-corrected chi connectivity index (χ3v) is 4.49. The van der Waals surface area contributed by atoms with Crippen molar-refractivity contribution in [2.75, 3.05) is 6.61 Å². The van der Waals surface area contributed by atoms with Gasteiger partial charge in [-0.2, -0.15) is 23.3 Å². The number of para-hydroxylation sites is 1. The maximum atomic E-state index is 13.6. The Labute approximate surface area is 160 Å². The molecule has 2 aromatic rings. The summed E-state index contributed by atoms with van der Waals surface area (Å²) in [6.45, 7) is 1.21. The highest BCUT2D eigenvalue weighted by molar-refractivity contribution is 6.03. The molecular formula is C20H19F3N2O3. The zero-order chi connectivity index (χ0) is 20.4. The number of rotatable bonds is 5. The van der Waals surface area contributed by atoms with Gasteiger partial charge in [0.2, 0.25) is 0 Å². The van der Waals surface area contributed by atoms with Crippen molar-refractivity contribution < 1.29 is 27.8 Å². The van der Waals surface area contributed by atoms with Crippen LogP contribution in [0.1, 0.15) is 24.5 Å². The van der Waals surface area contributed by atoms with Gasteiger partial charge in [0.1, 0.15) is 5.75 Å². The predicted octanol–water partition coefficient (Wildman–Crippen LogP) is 3.52. The number of hydrogen-bond donors (Lipinski definition) is 1. The molecule has 1 N–H and O–H groups in total. The first kappa shape index (κ1) is 19.9. The summed E-state index contributed by atoms with van der Waals surface area (Å²) in [5.41, 5.74) is -2.22. The van der Waals surface area contributed by atoms with E-state index in [1.807, 2.05) is 6.92 Å². The van der Waals surface area contributed by atoms with E-state index in [1.165, 1.54) is 0 Å². The number of carbonyl (C=O) groups excluding carboxylic acids is 1. The highest BCUT2D eigenvalue weighted by atomic mass is 19.4. The summed E-state index contributed by atoms with van der Waals surface area (Å²) in [5.74, 6) is -0.683. The molecule has 1 amide bonds. The van der Waals surface area contributed by atoms with Crippen LogP contribution in [0.15, 0.2) is 59.7 Å². The van der Waals surface area contributed by atoms with Crippen LogP contribution < -0.4 is 4.74 Å². The third-order valence-electron chi connectivity index (χ3n) is 4.49. The fourth-order valence-corrected chi connectivity index (χ4v) is 2.96. The molecule has 0 fully saturated rings. The molecule has 0 spiro atoms. The second kappa shape index (κ2) is 7.63. The van der Waals surface area contributed by atoms with Gasteiger partial charge in [0, 0.05) is 0 Å². The summed E-state index contributed by atoms with van der Waals surface area (Å²) >= 11 is 0. The van der Waals surface area contributed by atoms with Crippen LogP contribution in [0.3, 0.4) is 0 Å². The Morgan fingerprint density at radius 3 is 2.46 bits per heavy atom. The van der Waals surface area contributed by atoms with Crippen molar-refractivity contribution in [3.8, 4) is 5.75 Å². The van der Waals surface area contributed by atoms with Gasteiger partial charge in [-0.25, -0.2) is 0 Å². The molecule has 148 valence electrons. The van der Waals surface area contributed by atoms with E-state index in [9.17, 15) is 23.1 Å². The summed E-state index contributed by atoms with van der Waals surface area (Å²) in [6, 6.07) is 15.0. The van der Waals surface area contributed by atoms with Crippen LogP contribution in [0.4, 0.5) is 13.2 Å². The highest BCUT2D eigenvalue weighted by Crippen LogP contribution is 2.41. The molecule has 1 heterocycles. The Morgan fingerprint density at radius 1 is 1.18 bits per heavy atom. The molecule has 0 unspecified atom stereocenters. The number of alkyl halides is 3. The van der Waals surface area contributed by atoms with Crippen LogP contribution in [0, 0.1) is 0 Å². The number of benzene rings is 2. The van der Waals surface area contributed by atoms with Gasteiger partial charge in [-0.05, 0) is 23.6 Å². The SMILES string of the molecule is CCc1ccccc1OCC(=O)N1N=C(c2ccccc2)C[C@@]1(O)C(F)(F)F. The maximum absolute atomic E-state index is 13.6. The van der Waals surface area contributed by atoms with E-state index >= 15 is 0 Å². The largest absolute Gasteiger partial charge is 0.483 e. The molecule has 0 aliphatic carbocycles. The van der Waals surface area contributed by atoms with E-state index in [0.717, 1.165) is 5.56 Å². The molecule has 1 aliphatic rings. The lowest BCUT2D eigenvalue weighted by molar-refractivity contribution is -0.302. The molecular weight excluding hydrogens is 373 g/mol. The molecule has 0 bridgehead atoms. The van der Waals surface area contributed by atoms with Crippen molar-refractivity contribution >= 4 is 11.6 Å². The smallest absolute Gasteiger partial charge is 0.438 e. The molecule has 5 nitrogen and oxygen atoms in total. The van der Waals surface area contributed by atoms with Gasteiger partial charge in [0.25, 0.3) is 11.6 Å². The molecule has 0 saturated carbocycles. The minimum Gasteiger partial charge on any atom is -0.483 e.